The number of rotatable bonds is 8. The van der Waals surface area contributed by atoms with E-state index in [-0.39, 0.29) is 11.9 Å². The van der Waals surface area contributed by atoms with E-state index in [0.717, 1.165) is 24.4 Å². The molecule has 1 aliphatic heterocycles. The number of methoxy groups -OCH3 is 1. The summed E-state index contributed by atoms with van der Waals surface area (Å²) in [4.78, 5) is 15.1. The quantitative estimate of drug-likeness (QED) is 0.624. The highest BCUT2D eigenvalue weighted by atomic mass is 16.5. The van der Waals surface area contributed by atoms with Gasteiger partial charge in [0.25, 0.3) is 5.91 Å². The summed E-state index contributed by atoms with van der Waals surface area (Å²) >= 11 is 0. The van der Waals surface area contributed by atoms with Crippen LogP contribution in [0.25, 0.3) is 0 Å². The molecule has 0 saturated carbocycles. The standard InChI is InChI=1S/C23H27N5O2/c1-30-20-11-9-19(10-12-20)22(27-13-5-6-14-27)15-24-23(29)21-17-28(26-25-21)16-18-7-3-2-4-8-18/h2-4,7-12,17,22H,5-6,13-16H2,1H3,(H,24,29). The van der Waals surface area contributed by atoms with E-state index in [4.69, 9.17) is 4.74 Å². The van der Waals surface area contributed by atoms with E-state index in [1.54, 1.807) is 18.0 Å². The van der Waals surface area contributed by atoms with Crippen molar-refractivity contribution in [3.05, 3.63) is 77.6 Å². The molecule has 1 fully saturated rings. The molecule has 1 atom stereocenters. The Balaban J connectivity index is 1.41. The Morgan fingerprint density at radius 1 is 1.10 bits per heavy atom. The zero-order valence-corrected chi connectivity index (χ0v) is 17.2. The smallest absolute Gasteiger partial charge is 0.273 e. The molecule has 1 aliphatic rings. The highest BCUT2D eigenvalue weighted by Crippen LogP contribution is 2.26. The summed E-state index contributed by atoms with van der Waals surface area (Å²) in [6.45, 7) is 3.19. The van der Waals surface area contributed by atoms with Crippen LogP contribution in [0.2, 0.25) is 0 Å². The molecule has 0 radical (unpaired) electrons. The average molecular weight is 406 g/mol. The van der Waals surface area contributed by atoms with Crippen LogP contribution in [0.3, 0.4) is 0 Å². The predicted molar refractivity (Wildman–Crippen MR) is 114 cm³/mol. The molecule has 0 bridgehead atoms. The molecular weight excluding hydrogens is 378 g/mol. The lowest BCUT2D eigenvalue weighted by atomic mass is 10.1. The van der Waals surface area contributed by atoms with Crippen molar-refractivity contribution in [2.45, 2.75) is 25.4 Å². The first-order valence-electron chi connectivity index (χ1n) is 10.3. The monoisotopic (exact) mass is 405 g/mol. The van der Waals surface area contributed by atoms with E-state index < -0.39 is 0 Å². The second-order valence-electron chi connectivity index (χ2n) is 7.53. The molecule has 1 amide bonds. The zero-order valence-electron chi connectivity index (χ0n) is 17.2. The highest BCUT2D eigenvalue weighted by molar-refractivity contribution is 5.91. The van der Waals surface area contributed by atoms with Crippen molar-refractivity contribution in [2.75, 3.05) is 26.7 Å². The van der Waals surface area contributed by atoms with Crippen molar-refractivity contribution in [1.29, 1.82) is 0 Å². The van der Waals surface area contributed by atoms with Gasteiger partial charge < -0.3 is 10.1 Å². The van der Waals surface area contributed by atoms with Crippen LogP contribution in [-0.2, 0) is 6.54 Å². The minimum Gasteiger partial charge on any atom is -0.497 e. The first-order chi connectivity index (χ1) is 14.7. The van der Waals surface area contributed by atoms with E-state index >= 15 is 0 Å². The lowest BCUT2D eigenvalue weighted by Crippen LogP contribution is -2.37. The normalized spacial score (nSPS) is 15.1. The fourth-order valence-electron chi connectivity index (χ4n) is 3.87. The molecule has 156 valence electrons. The van der Waals surface area contributed by atoms with Crippen molar-refractivity contribution in [3.63, 3.8) is 0 Å². The average Bonchev–Trinajstić information content (AvgIpc) is 3.48. The van der Waals surface area contributed by atoms with E-state index in [1.807, 2.05) is 42.5 Å². The molecule has 1 saturated heterocycles. The van der Waals surface area contributed by atoms with E-state index in [2.05, 4.69) is 32.7 Å². The van der Waals surface area contributed by atoms with Gasteiger partial charge in [0.15, 0.2) is 5.69 Å². The SMILES string of the molecule is COc1ccc(C(CNC(=O)c2cn(Cc3ccccc3)nn2)N2CCCC2)cc1. The van der Waals surface area contributed by atoms with Crippen molar-refractivity contribution >= 4 is 5.91 Å². The van der Waals surface area contributed by atoms with Crippen LogP contribution in [0, 0.1) is 0 Å². The Labute approximate surface area is 176 Å². The molecule has 2 heterocycles. The summed E-state index contributed by atoms with van der Waals surface area (Å²) in [5.74, 6) is 0.630. The Morgan fingerprint density at radius 3 is 2.53 bits per heavy atom. The number of hydrogen-bond donors (Lipinski definition) is 1. The Kier molecular flexibility index (Phi) is 6.39. The van der Waals surface area contributed by atoms with Crippen LogP contribution in [0.1, 0.15) is 40.5 Å². The number of aromatic nitrogens is 3. The van der Waals surface area contributed by atoms with Crippen LogP contribution in [0.4, 0.5) is 0 Å². The molecule has 0 spiro atoms. The Bertz CT molecular complexity index is 949. The molecule has 1 aromatic heterocycles. The van der Waals surface area contributed by atoms with Crippen LogP contribution < -0.4 is 10.1 Å². The number of carbonyl (C=O) groups is 1. The molecule has 30 heavy (non-hydrogen) atoms. The molecule has 0 aliphatic carbocycles. The molecule has 1 unspecified atom stereocenters. The summed E-state index contributed by atoms with van der Waals surface area (Å²) in [6, 6.07) is 18.2. The number of ether oxygens (including phenoxy) is 1. The maximum Gasteiger partial charge on any atom is 0.273 e. The lowest BCUT2D eigenvalue weighted by Gasteiger charge is -2.28. The Morgan fingerprint density at radius 2 is 1.83 bits per heavy atom. The fraction of sp³-hybridized carbons (Fsp3) is 0.348. The predicted octanol–water partition coefficient (Wildman–Crippen LogP) is 2.90. The molecule has 7 nitrogen and oxygen atoms in total. The maximum atomic E-state index is 12.7. The third kappa shape index (κ3) is 4.86. The van der Waals surface area contributed by atoms with Crippen molar-refractivity contribution < 1.29 is 9.53 Å². The number of hydrogen-bond acceptors (Lipinski definition) is 5. The molecule has 2 aromatic carbocycles. The molecule has 7 heteroatoms. The lowest BCUT2D eigenvalue weighted by molar-refractivity contribution is 0.0933. The number of nitrogens with zero attached hydrogens (tertiary/aromatic N) is 4. The van der Waals surface area contributed by atoms with Crippen molar-refractivity contribution in [3.8, 4) is 5.75 Å². The van der Waals surface area contributed by atoms with E-state index in [1.165, 1.54) is 18.4 Å². The van der Waals surface area contributed by atoms with Gasteiger partial charge in [-0.15, -0.1) is 5.10 Å². The second kappa shape index (κ2) is 9.54. The Hall–Kier alpha value is -3.19. The van der Waals surface area contributed by atoms with Crippen LogP contribution >= 0.6 is 0 Å². The first kappa shape index (κ1) is 20.1. The molecule has 1 N–H and O–H groups in total. The summed E-state index contributed by atoms with van der Waals surface area (Å²) in [7, 11) is 1.66. The van der Waals surface area contributed by atoms with Gasteiger partial charge in [-0.2, -0.15) is 0 Å². The van der Waals surface area contributed by atoms with Gasteiger partial charge >= 0.3 is 0 Å². The topological polar surface area (TPSA) is 72.3 Å². The molecule has 4 rings (SSSR count). The minimum absolute atomic E-state index is 0.127. The fourth-order valence-corrected chi connectivity index (χ4v) is 3.87. The van der Waals surface area contributed by atoms with Gasteiger partial charge in [-0.05, 0) is 49.2 Å². The van der Waals surface area contributed by atoms with E-state index in [9.17, 15) is 4.79 Å². The zero-order chi connectivity index (χ0) is 20.8. The summed E-state index contributed by atoms with van der Waals surface area (Å²) in [5, 5.41) is 11.2. The third-order valence-corrected chi connectivity index (χ3v) is 5.50. The summed E-state index contributed by atoms with van der Waals surface area (Å²) in [5.41, 5.74) is 2.62. The first-order valence-corrected chi connectivity index (χ1v) is 10.3. The summed E-state index contributed by atoms with van der Waals surface area (Å²) in [6.07, 6.45) is 4.07. The second-order valence-corrected chi connectivity index (χ2v) is 7.53. The van der Waals surface area contributed by atoms with Gasteiger partial charge in [-0.3, -0.25) is 9.69 Å². The molecule has 3 aromatic rings. The van der Waals surface area contributed by atoms with Gasteiger partial charge in [-0.25, -0.2) is 4.68 Å². The van der Waals surface area contributed by atoms with Gasteiger partial charge in [0.2, 0.25) is 0 Å². The number of nitrogens with one attached hydrogen (secondary N) is 1. The van der Waals surface area contributed by atoms with Crippen LogP contribution in [0.15, 0.2) is 60.8 Å². The van der Waals surface area contributed by atoms with Crippen molar-refractivity contribution in [2.24, 2.45) is 0 Å². The van der Waals surface area contributed by atoms with Crippen LogP contribution in [-0.4, -0.2) is 52.5 Å². The highest BCUT2D eigenvalue weighted by Gasteiger charge is 2.24. The number of carbonyl (C=O) groups excluding carboxylic acids is 1. The maximum absolute atomic E-state index is 12.7. The molecular formula is C23H27N5O2. The number of amides is 1. The number of likely N-dealkylation sites (tertiary alicyclic amines) is 1. The van der Waals surface area contributed by atoms with Gasteiger partial charge in [0, 0.05) is 6.54 Å². The van der Waals surface area contributed by atoms with Crippen molar-refractivity contribution in [1.82, 2.24) is 25.2 Å². The summed E-state index contributed by atoms with van der Waals surface area (Å²) < 4.78 is 6.96. The van der Waals surface area contributed by atoms with E-state index in [0.29, 0.717) is 18.8 Å². The van der Waals surface area contributed by atoms with Gasteiger partial charge in [0.05, 0.1) is 25.9 Å². The van der Waals surface area contributed by atoms with Gasteiger partial charge in [-0.1, -0.05) is 47.7 Å². The number of benzene rings is 2. The third-order valence-electron chi connectivity index (χ3n) is 5.50. The largest absolute Gasteiger partial charge is 0.497 e. The van der Waals surface area contributed by atoms with Gasteiger partial charge in [0.1, 0.15) is 5.75 Å². The van der Waals surface area contributed by atoms with Crippen LogP contribution in [0.5, 0.6) is 5.75 Å². The minimum atomic E-state index is -0.202.